The molecule has 3 N–H and O–H groups in total. The molecule has 5 rings (SSSR count). The molecule has 230 valence electrons. The summed E-state index contributed by atoms with van der Waals surface area (Å²) >= 11 is 0. The molecule has 0 saturated carbocycles. The first-order chi connectivity index (χ1) is 20.6. The molecule has 0 radical (unpaired) electrons. The Hall–Kier alpha value is -3.26. The van der Waals surface area contributed by atoms with Gasteiger partial charge in [-0.25, -0.2) is 0 Å². The molecule has 0 aromatic heterocycles. The van der Waals surface area contributed by atoms with Crippen molar-refractivity contribution in [2.24, 2.45) is 17.8 Å². The van der Waals surface area contributed by atoms with Gasteiger partial charge in [-0.15, -0.1) is 0 Å². The van der Waals surface area contributed by atoms with Gasteiger partial charge in [0.25, 0.3) is 0 Å². The Bertz CT molecular complexity index is 1380. The summed E-state index contributed by atoms with van der Waals surface area (Å²) in [6.45, 7) is 9.96. The number of carbonyl (C=O) groups excluding carboxylic acids is 2. The molecule has 0 spiro atoms. The second kappa shape index (κ2) is 13.2. The average molecular weight is 587 g/mol. The van der Waals surface area contributed by atoms with Gasteiger partial charge in [-0.1, -0.05) is 47.6 Å². The molecule has 2 aromatic carbocycles. The first-order valence-corrected chi connectivity index (χ1v) is 15.7. The van der Waals surface area contributed by atoms with E-state index in [1.165, 1.54) is 10.5 Å². The number of aryl methyl sites for hydroxylation is 2. The summed E-state index contributed by atoms with van der Waals surface area (Å²) in [7, 11) is 0. The van der Waals surface area contributed by atoms with Crippen LogP contribution in [0.15, 0.2) is 59.2 Å². The average Bonchev–Trinajstić information content (AvgIpc) is 3.23. The number of fused-ring (bicyclic) bond motifs is 1. The minimum Gasteiger partial charge on any atom is -0.507 e. The van der Waals surface area contributed by atoms with Crippen molar-refractivity contribution in [3.63, 3.8) is 0 Å². The van der Waals surface area contributed by atoms with Gasteiger partial charge in [0.05, 0.1) is 24.5 Å². The summed E-state index contributed by atoms with van der Waals surface area (Å²) in [6.07, 6.45) is 4.32. The van der Waals surface area contributed by atoms with Crippen LogP contribution in [0.5, 0.6) is 5.75 Å². The van der Waals surface area contributed by atoms with E-state index in [1.54, 1.807) is 0 Å². The molecule has 2 saturated heterocycles. The maximum absolute atomic E-state index is 13.9. The number of carbonyl (C=O) groups is 2. The van der Waals surface area contributed by atoms with Crippen molar-refractivity contribution in [3.05, 3.63) is 81.4 Å². The number of hydrogen-bond acceptors (Lipinski definition) is 6. The SMILES string of the molecule is CC1=C([C@H](O)CC/C(C)=C/c2cc(C)c(O)c(C)c2)[C@H](CO)[C@@H]2C(=O)N(C3CCN(Cc4ccccc4)CC3)C(=O)[C@@H]2C1. The highest BCUT2D eigenvalue weighted by atomic mass is 16.3. The number of amides is 2. The van der Waals surface area contributed by atoms with Crippen LogP contribution < -0.4 is 0 Å². The molecule has 7 heteroatoms. The van der Waals surface area contributed by atoms with Gasteiger partial charge in [0.2, 0.25) is 11.8 Å². The number of aliphatic hydroxyl groups is 2. The van der Waals surface area contributed by atoms with Crippen molar-refractivity contribution in [3.8, 4) is 5.75 Å². The number of nitrogens with zero attached hydrogens (tertiary/aromatic N) is 2. The summed E-state index contributed by atoms with van der Waals surface area (Å²) in [4.78, 5) is 31.4. The second-order valence-electron chi connectivity index (χ2n) is 12.9. The van der Waals surface area contributed by atoms with E-state index in [0.717, 1.165) is 65.9 Å². The van der Waals surface area contributed by atoms with Gasteiger partial charge in [-0.05, 0) is 99.8 Å². The highest BCUT2D eigenvalue weighted by Gasteiger charge is 2.56. The van der Waals surface area contributed by atoms with Crippen LogP contribution in [-0.4, -0.2) is 68.8 Å². The van der Waals surface area contributed by atoms with E-state index < -0.39 is 23.9 Å². The molecule has 1 aliphatic carbocycles. The second-order valence-corrected chi connectivity index (χ2v) is 12.9. The predicted molar refractivity (Wildman–Crippen MR) is 168 cm³/mol. The summed E-state index contributed by atoms with van der Waals surface area (Å²) in [5.74, 6) is -1.62. The minimum absolute atomic E-state index is 0.110. The number of hydrogen-bond donors (Lipinski definition) is 3. The molecule has 2 aromatic rings. The van der Waals surface area contributed by atoms with Crippen molar-refractivity contribution in [2.45, 2.75) is 78.5 Å². The summed E-state index contributed by atoms with van der Waals surface area (Å²) in [6, 6.07) is 14.1. The van der Waals surface area contributed by atoms with Crippen molar-refractivity contribution in [2.75, 3.05) is 19.7 Å². The Morgan fingerprint density at radius 3 is 2.30 bits per heavy atom. The molecule has 7 nitrogen and oxygen atoms in total. The number of rotatable bonds is 9. The Kier molecular flexibility index (Phi) is 9.54. The highest BCUT2D eigenvalue weighted by molar-refractivity contribution is 6.06. The lowest BCUT2D eigenvalue weighted by molar-refractivity contribution is -0.144. The van der Waals surface area contributed by atoms with E-state index in [0.29, 0.717) is 25.0 Å². The molecule has 2 fully saturated rings. The molecular formula is C36H46N2O5. The number of piperidine rings is 1. The zero-order valence-corrected chi connectivity index (χ0v) is 25.9. The van der Waals surface area contributed by atoms with Gasteiger partial charge in [0, 0.05) is 31.6 Å². The smallest absolute Gasteiger partial charge is 0.234 e. The van der Waals surface area contributed by atoms with E-state index in [1.807, 2.05) is 58.0 Å². The molecule has 0 bridgehead atoms. The van der Waals surface area contributed by atoms with Crippen LogP contribution >= 0.6 is 0 Å². The largest absolute Gasteiger partial charge is 0.507 e. The van der Waals surface area contributed by atoms with Crippen LogP contribution in [0.3, 0.4) is 0 Å². The first-order valence-electron chi connectivity index (χ1n) is 15.7. The van der Waals surface area contributed by atoms with Crippen molar-refractivity contribution >= 4 is 17.9 Å². The van der Waals surface area contributed by atoms with E-state index in [2.05, 4.69) is 23.1 Å². The number of benzene rings is 2. The summed E-state index contributed by atoms with van der Waals surface area (Å²) in [5, 5.41) is 32.0. The van der Waals surface area contributed by atoms with E-state index >= 15 is 0 Å². The minimum atomic E-state index is -0.803. The van der Waals surface area contributed by atoms with Crippen molar-refractivity contribution < 1.29 is 24.9 Å². The van der Waals surface area contributed by atoms with Crippen LogP contribution in [0.25, 0.3) is 6.08 Å². The fraction of sp³-hybridized carbons (Fsp3) is 0.500. The van der Waals surface area contributed by atoms with Gasteiger partial charge in [0.15, 0.2) is 0 Å². The summed E-state index contributed by atoms with van der Waals surface area (Å²) in [5.41, 5.74) is 6.65. The summed E-state index contributed by atoms with van der Waals surface area (Å²) < 4.78 is 0. The van der Waals surface area contributed by atoms with Gasteiger partial charge < -0.3 is 15.3 Å². The van der Waals surface area contributed by atoms with Crippen LogP contribution in [0.1, 0.15) is 68.2 Å². The predicted octanol–water partition coefficient (Wildman–Crippen LogP) is 5.15. The maximum atomic E-state index is 13.9. The van der Waals surface area contributed by atoms with Gasteiger partial charge >= 0.3 is 0 Å². The molecule has 43 heavy (non-hydrogen) atoms. The lowest BCUT2D eigenvalue weighted by atomic mass is 9.68. The molecule has 4 atom stereocenters. The third kappa shape index (κ3) is 6.49. The number of aromatic hydroxyl groups is 1. The Morgan fingerprint density at radius 2 is 1.67 bits per heavy atom. The van der Waals surface area contributed by atoms with Crippen LogP contribution in [0, 0.1) is 31.6 Å². The number of imide groups is 1. The van der Waals surface area contributed by atoms with Crippen LogP contribution in [0.2, 0.25) is 0 Å². The van der Waals surface area contributed by atoms with E-state index in [-0.39, 0.29) is 24.5 Å². The van der Waals surface area contributed by atoms with Crippen LogP contribution in [-0.2, 0) is 16.1 Å². The number of allylic oxidation sites excluding steroid dienone is 2. The third-order valence-corrected chi connectivity index (χ3v) is 9.83. The molecule has 0 unspecified atom stereocenters. The molecule has 3 aliphatic rings. The van der Waals surface area contributed by atoms with Gasteiger partial charge in [-0.3, -0.25) is 19.4 Å². The Morgan fingerprint density at radius 1 is 1.02 bits per heavy atom. The standard InChI is InChI=1S/C36H46N2O5/c1-22(16-27-17-24(3)34(41)25(4)18-27)10-11-31(40)32-23(2)19-29-33(30(32)21-39)36(43)38(35(29)42)28-12-14-37(15-13-28)20-26-8-6-5-7-9-26/h5-9,16-18,28-31,33,39-41H,10-15,19-21H2,1-4H3/b22-16+/t29-,30+,31-,33-/m1/s1. The number of aliphatic hydroxyl groups excluding tert-OH is 2. The topological polar surface area (TPSA) is 101 Å². The molecule has 2 amide bonds. The molecule has 2 heterocycles. The normalized spacial score (nSPS) is 24.6. The monoisotopic (exact) mass is 586 g/mol. The fourth-order valence-electron chi connectivity index (χ4n) is 7.63. The molecule has 2 aliphatic heterocycles. The Labute approximate surface area is 255 Å². The number of phenols is 1. The Balaban J connectivity index is 1.24. The van der Waals surface area contributed by atoms with Crippen molar-refractivity contribution in [1.82, 2.24) is 9.80 Å². The van der Waals surface area contributed by atoms with Crippen molar-refractivity contribution in [1.29, 1.82) is 0 Å². The maximum Gasteiger partial charge on any atom is 0.234 e. The first kappa shape index (κ1) is 31.2. The van der Waals surface area contributed by atoms with E-state index in [9.17, 15) is 24.9 Å². The lowest BCUT2D eigenvalue weighted by Gasteiger charge is -2.36. The number of phenolic OH excluding ortho intramolecular Hbond substituents is 1. The zero-order chi connectivity index (χ0) is 30.8. The van der Waals surface area contributed by atoms with Gasteiger partial charge in [-0.2, -0.15) is 0 Å². The highest BCUT2D eigenvalue weighted by Crippen LogP contribution is 2.47. The van der Waals surface area contributed by atoms with E-state index in [4.69, 9.17) is 0 Å². The van der Waals surface area contributed by atoms with Crippen LogP contribution in [0.4, 0.5) is 0 Å². The zero-order valence-electron chi connectivity index (χ0n) is 25.9. The number of likely N-dealkylation sites (tertiary alicyclic amines) is 2. The fourth-order valence-corrected chi connectivity index (χ4v) is 7.63. The molecular weight excluding hydrogens is 540 g/mol. The quantitative estimate of drug-likeness (QED) is 0.278. The van der Waals surface area contributed by atoms with Gasteiger partial charge in [0.1, 0.15) is 5.75 Å². The lowest BCUT2D eigenvalue weighted by Crippen LogP contribution is -2.47. The third-order valence-electron chi connectivity index (χ3n) is 9.83.